The molecule has 2 aromatic heterocycles. The van der Waals surface area contributed by atoms with E-state index in [1.54, 1.807) is 6.20 Å². The third kappa shape index (κ3) is 4.33. The van der Waals surface area contributed by atoms with Gasteiger partial charge in [-0.05, 0) is 68.0 Å². The van der Waals surface area contributed by atoms with Gasteiger partial charge in [-0.1, -0.05) is 25.5 Å². The third-order valence-electron chi connectivity index (χ3n) is 6.21. The fraction of sp³-hybridized carbons (Fsp3) is 0.400. The molecule has 0 radical (unpaired) electrons. The van der Waals surface area contributed by atoms with E-state index in [2.05, 4.69) is 53.5 Å². The molecule has 31 heavy (non-hydrogen) atoms. The van der Waals surface area contributed by atoms with E-state index < -0.39 is 12.1 Å². The highest BCUT2D eigenvalue weighted by Crippen LogP contribution is 2.30. The molecule has 3 aromatic rings. The second-order valence-corrected chi connectivity index (χ2v) is 8.45. The van der Waals surface area contributed by atoms with Crippen LogP contribution < -0.4 is 10.6 Å². The Morgan fingerprint density at radius 3 is 2.45 bits per heavy atom. The quantitative estimate of drug-likeness (QED) is 0.550. The molecule has 1 fully saturated rings. The van der Waals surface area contributed by atoms with E-state index in [0.717, 1.165) is 36.2 Å². The van der Waals surface area contributed by atoms with E-state index in [9.17, 15) is 9.59 Å². The number of fused-ring (bicyclic) bond motifs is 1. The van der Waals surface area contributed by atoms with Gasteiger partial charge in [0.15, 0.2) is 0 Å². The Bertz CT molecular complexity index is 1100. The zero-order valence-corrected chi connectivity index (χ0v) is 18.4. The predicted octanol–water partition coefficient (Wildman–Crippen LogP) is 3.29. The van der Waals surface area contributed by atoms with Crippen molar-refractivity contribution in [3.05, 3.63) is 64.6 Å². The molecule has 6 nitrogen and oxygen atoms in total. The van der Waals surface area contributed by atoms with Crippen molar-refractivity contribution in [2.24, 2.45) is 0 Å². The molecular weight excluding hydrogens is 388 g/mol. The maximum atomic E-state index is 12.7. The van der Waals surface area contributed by atoms with Crippen LogP contribution >= 0.6 is 0 Å². The molecule has 4 rings (SSSR count). The van der Waals surface area contributed by atoms with E-state index in [1.807, 2.05) is 18.2 Å². The molecule has 162 valence electrons. The monoisotopic (exact) mass is 418 g/mol. The van der Waals surface area contributed by atoms with Crippen LogP contribution in [0.3, 0.4) is 0 Å². The van der Waals surface area contributed by atoms with Crippen molar-refractivity contribution in [1.82, 2.24) is 20.6 Å². The normalized spacial score (nSPS) is 18.8. The summed E-state index contributed by atoms with van der Waals surface area (Å²) in [5.74, 6) is -0.267. The first-order chi connectivity index (χ1) is 15.0. The van der Waals surface area contributed by atoms with Crippen LogP contribution in [0, 0.1) is 13.8 Å². The molecule has 6 heteroatoms. The minimum absolute atomic E-state index is 0.122. The number of nitrogens with one attached hydrogen (secondary N) is 3. The molecule has 0 saturated carbocycles. The smallest absolute Gasteiger partial charge is 0.243 e. The average Bonchev–Trinajstić information content (AvgIpc) is 3.08. The molecule has 1 aromatic carbocycles. The Morgan fingerprint density at radius 2 is 1.71 bits per heavy atom. The lowest BCUT2D eigenvalue weighted by Crippen LogP contribution is -2.62. The Kier molecular flexibility index (Phi) is 6.07. The van der Waals surface area contributed by atoms with Crippen LogP contribution in [0.25, 0.3) is 10.9 Å². The Hall–Kier alpha value is -3.15. The number of carbonyl (C=O) groups is 2. The number of aromatic nitrogens is 2. The second kappa shape index (κ2) is 8.92. The summed E-state index contributed by atoms with van der Waals surface area (Å²) in [6.07, 6.45) is 5.51. The lowest BCUT2D eigenvalue weighted by Gasteiger charge is -2.29. The van der Waals surface area contributed by atoms with Gasteiger partial charge in [-0.15, -0.1) is 0 Å². The van der Waals surface area contributed by atoms with Crippen molar-refractivity contribution >= 4 is 22.7 Å². The molecule has 2 atom stereocenters. The molecule has 1 aliphatic heterocycles. The first kappa shape index (κ1) is 21.1. The van der Waals surface area contributed by atoms with Gasteiger partial charge in [-0.2, -0.15) is 0 Å². The van der Waals surface area contributed by atoms with Crippen molar-refractivity contribution in [3.63, 3.8) is 0 Å². The topological polar surface area (TPSA) is 86.9 Å². The first-order valence-corrected chi connectivity index (χ1v) is 11.1. The van der Waals surface area contributed by atoms with E-state index in [4.69, 9.17) is 0 Å². The Labute approximate surface area is 182 Å². The number of pyridine rings is 1. The molecule has 3 heterocycles. The standard InChI is InChI=1S/C25H30N4O2/c1-4-7-18-15(2)9-11-20-23(18)19(16(3)27-20)10-12-21-24(30)29-22(25(31)28-21)14-17-8-5-6-13-26-17/h5-6,8-9,11,13,21-22,27H,4,7,10,12,14H2,1-3H3,(H,28,31)(H,29,30)/t21-,22-/m1/s1. The maximum absolute atomic E-state index is 12.7. The number of hydrogen-bond acceptors (Lipinski definition) is 3. The summed E-state index contributed by atoms with van der Waals surface area (Å²) in [4.78, 5) is 33.1. The third-order valence-corrected chi connectivity index (χ3v) is 6.21. The fourth-order valence-electron chi connectivity index (χ4n) is 4.59. The van der Waals surface area contributed by atoms with Gasteiger partial charge in [0.1, 0.15) is 12.1 Å². The van der Waals surface area contributed by atoms with Gasteiger partial charge >= 0.3 is 0 Å². The summed E-state index contributed by atoms with van der Waals surface area (Å²) >= 11 is 0. The van der Waals surface area contributed by atoms with Gasteiger partial charge in [0.2, 0.25) is 11.8 Å². The SMILES string of the molecule is CCCc1c(C)ccc2[nH]c(C)c(CC[C@H]3NC(=O)[C@@H](Cc4ccccn4)NC3=O)c12. The highest BCUT2D eigenvalue weighted by molar-refractivity contribution is 5.97. The number of nitrogens with zero attached hydrogens (tertiary/aromatic N) is 1. The lowest BCUT2D eigenvalue weighted by atomic mass is 9.93. The second-order valence-electron chi connectivity index (χ2n) is 8.45. The van der Waals surface area contributed by atoms with Gasteiger partial charge in [-0.25, -0.2) is 0 Å². The van der Waals surface area contributed by atoms with Gasteiger partial charge in [-0.3, -0.25) is 14.6 Å². The summed E-state index contributed by atoms with van der Waals surface area (Å²) in [5, 5.41) is 7.10. The minimum Gasteiger partial charge on any atom is -0.358 e. The number of aryl methyl sites for hydroxylation is 4. The van der Waals surface area contributed by atoms with Gasteiger partial charge in [0.25, 0.3) is 0 Å². The summed E-state index contributed by atoms with van der Waals surface area (Å²) < 4.78 is 0. The zero-order valence-electron chi connectivity index (χ0n) is 18.4. The number of H-pyrrole nitrogens is 1. The Balaban J connectivity index is 1.48. The van der Waals surface area contributed by atoms with E-state index in [0.29, 0.717) is 12.8 Å². The van der Waals surface area contributed by atoms with Crippen molar-refractivity contribution in [2.75, 3.05) is 0 Å². The highest BCUT2D eigenvalue weighted by Gasteiger charge is 2.33. The molecular formula is C25H30N4O2. The fourth-order valence-corrected chi connectivity index (χ4v) is 4.59. The molecule has 0 aliphatic carbocycles. The largest absolute Gasteiger partial charge is 0.358 e. The van der Waals surface area contributed by atoms with Crippen molar-refractivity contribution < 1.29 is 9.59 Å². The van der Waals surface area contributed by atoms with Crippen molar-refractivity contribution in [3.8, 4) is 0 Å². The number of carbonyl (C=O) groups excluding carboxylic acids is 2. The number of rotatable bonds is 7. The van der Waals surface area contributed by atoms with E-state index in [1.165, 1.54) is 22.1 Å². The van der Waals surface area contributed by atoms with Crippen LogP contribution in [0.1, 0.15) is 47.8 Å². The predicted molar refractivity (Wildman–Crippen MR) is 122 cm³/mol. The van der Waals surface area contributed by atoms with Gasteiger partial charge in [0.05, 0.1) is 0 Å². The molecule has 0 spiro atoms. The van der Waals surface area contributed by atoms with Crippen molar-refractivity contribution in [1.29, 1.82) is 0 Å². The summed E-state index contributed by atoms with van der Waals surface area (Å²) in [5.41, 5.74) is 7.00. The highest BCUT2D eigenvalue weighted by atomic mass is 16.2. The number of hydrogen-bond donors (Lipinski definition) is 3. The van der Waals surface area contributed by atoms with Crippen LogP contribution in [0.5, 0.6) is 0 Å². The minimum atomic E-state index is -0.577. The van der Waals surface area contributed by atoms with Crippen LogP contribution in [-0.2, 0) is 28.9 Å². The van der Waals surface area contributed by atoms with Crippen LogP contribution in [0.2, 0.25) is 0 Å². The summed E-state index contributed by atoms with van der Waals surface area (Å²) in [7, 11) is 0. The molecule has 2 amide bonds. The zero-order chi connectivity index (χ0) is 22.0. The molecule has 0 bridgehead atoms. The average molecular weight is 419 g/mol. The summed E-state index contributed by atoms with van der Waals surface area (Å²) in [6.45, 7) is 6.44. The Morgan fingerprint density at radius 1 is 0.935 bits per heavy atom. The van der Waals surface area contributed by atoms with E-state index >= 15 is 0 Å². The lowest BCUT2D eigenvalue weighted by molar-refractivity contribution is -0.136. The van der Waals surface area contributed by atoms with Gasteiger partial charge in [0, 0.05) is 34.9 Å². The van der Waals surface area contributed by atoms with Crippen LogP contribution in [0.4, 0.5) is 0 Å². The number of benzene rings is 1. The van der Waals surface area contributed by atoms with E-state index in [-0.39, 0.29) is 11.8 Å². The first-order valence-electron chi connectivity index (χ1n) is 11.1. The molecule has 0 unspecified atom stereocenters. The number of aromatic amines is 1. The maximum Gasteiger partial charge on any atom is 0.243 e. The van der Waals surface area contributed by atoms with Crippen molar-refractivity contribution in [2.45, 2.75) is 65.0 Å². The molecule has 1 aliphatic rings. The molecule has 1 saturated heterocycles. The van der Waals surface area contributed by atoms with Crippen LogP contribution in [0.15, 0.2) is 36.5 Å². The summed E-state index contributed by atoms with van der Waals surface area (Å²) in [6, 6.07) is 8.79. The van der Waals surface area contributed by atoms with Crippen LogP contribution in [-0.4, -0.2) is 33.9 Å². The van der Waals surface area contributed by atoms with Gasteiger partial charge < -0.3 is 15.6 Å². The number of amides is 2. The number of piperazine rings is 1. The molecule has 3 N–H and O–H groups in total.